The van der Waals surface area contributed by atoms with Gasteiger partial charge in [0.2, 0.25) is 23.6 Å². The molecule has 0 saturated heterocycles. The van der Waals surface area contributed by atoms with Crippen molar-refractivity contribution >= 4 is 35.6 Å². The molecular weight excluding hydrogens is 766 g/mol. The van der Waals surface area contributed by atoms with Gasteiger partial charge < -0.3 is 56.2 Å². The number of hydrogen-bond donors (Lipinski definition) is 7. The minimum atomic E-state index is -1.18. The Labute approximate surface area is 352 Å². The number of hydrogen-bond acceptors (Lipinski definition) is 11. The van der Waals surface area contributed by atoms with Crippen molar-refractivity contribution in [3.8, 4) is 0 Å². The van der Waals surface area contributed by atoms with Crippen LogP contribution in [0.1, 0.15) is 135 Å². The van der Waals surface area contributed by atoms with Crippen LogP contribution in [0.3, 0.4) is 0 Å². The van der Waals surface area contributed by atoms with Crippen LogP contribution in [-0.2, 0) is 47.7 Å². The van der Waals surface area contributed by atoms with Gasteiger partial charge in [-0.25, -0.2) is 4.79 Å². The molecule has 4 amide bonds. The van der Waals surface area contributed by atoms with Gasteiger partial charge in [-0.05, 0) is 38.5 Å². The lowest BCUT2D eigenvalue weighted by Gasteiger charge is -2.14. The molecule has 342 valence electrons. The second-order valence-corrected chi connectivity index (χ2v) is 14.6. The number of carboxylic acids is 2. The summed E-state index contributed by atoms with van der Waals surface area (Å²) in [5.74, 6) is -3.07. The van der Waals surface area contributed by atoms with Crippen LogP contribution in [0.15, 0.2) is 12.7 Å². The molecule has 0 radical (unpaired) electrons. The standard InChI is InChI=1S/C42H77N5O12/c1-2-35(43)19-17-18-24-44-39(50)33-58-31-30-57-28-26-46-40(51)34-59-32-29-56-27-25-45-37(48)23-22-36(42(54)55)47-38(49)20-15-13-11-9-7-5-3-4-6-8-10-12-14-16-21-41(52)53/h2,35-36H,1,3-34,43H2,(H,44,50)(H,45,48)(H,46,51)(H,47,49)(H,52,53)(H,54,55)/t35-,36+/m1/s1. The molecule has 0 bridgehead atoms. The molecule has 0 aliphatic heterocycles. The molecular formula is C42H77N5O12. The highest BCUT2D eigenvalue weighted by Crippen LogP contribution is 2.14. The molecule has 0 unspecified atom stereocenters. The summed E-state index contributed by atoms with van der Waals surface area (Å²) in [5.41, 5.74) is 5.76. The Hall–Kier alpha value is -3.64. The van der Waals surface area contributed by atoms with Gasteiger partial charge >= 0.3 is 11.9 Å². The lowest BCUT2D eigenvalue weighted by atomic mass is 10.0. The number of rotatable bonds is 44. The number of carbonyl (C=O) groups excluding carboxylic acids is 4. The van der Waals surface area contributed by atoms with Crippen LogP contribution in [-0.4, -0.2) is 130 Å². The predicted octanol–water partition coefficient (Wildman–Crippen LogP) is 3.76. The molecule has 0 aliphatic rings. The predicted molar refractivity (Wildman–Crippen MR) is 225 cm³/mol. The summed E-state index contributed by atoms with van der Waals surface area (Å²) in [4.78, 5) is 70.3. The van der Waals surface area contributed by atoms with E-state index >= 15 is 0 Å². The number of carbonyl (C=O) groups is 6. The van der Waals surface area contributed by atoms with E-state index < -0.39 is 18.0 Å². The van der Waals surface area contributed by atoms with E-state index in [1.165, 1.54) is 44.9 Å². The first-order valence-corrected chi connectivity index (χ1v) is 21.8. The molecule has 2 atom stereocenters. The molecule has 0 saturated carbocycles. The SMILES string of the molecule is C=C[C@@H](N)CCCCNC(=O)COCCOCCNC(=O)COCCOCCNC(=O)CC[C@H](NC(=O)CCCCCCCCCCCCCCCCC(=O)O)C(=O)O. The van der Waals surface area contributed by atoms with Gasteiger partial charge in [-0.15, -0.1) is 6.58 Å². The molecule has 0 fully saturated rings. The lowest BCUT2D eigenvalue weighted by Crippen LogP contribution is -2.41. The summed E-state index contributed by atoms with van der Waals surface area (Å²) in [7, 11) is 0. The fourth-order valence-corrected chi connectivity index (χ4v) is 5.82. The topological polar surface area (TPSA) is 254 Å². The number of carboxylic acid groups (broad SMARTS) is 2. The zero-order valence-corrected chi connectivity index (χ0v) is 35.6. The summed E-state index contributed by atoms with van der Waals surface area (Å²) < 4.78 is 21.3. The Morgan fingerprint density at radius 2 is 0.932 bits per heavy atom. The van der Waals surface area contributed by atoms with Gasteiger partial charge in [0.15, 0.2) is 0 Å². The highest BCUT2D eigenvalue weighted by Gasteiger charge is 2.20. The normalized spacial score (nSPS) is 12.0. The van der Waals surface area contributed by atoms with E-state index in [2.05, 4.69) is 27.8 Å². The van der Waals surface area contributed by atoms with Crippen LogP contribution >= 0.6 is 0 Å². The van der Waals surface area contributed by atoms with Crippen molar-refractivity contribution in [2.75, 3.05) is 72.5 Å². The fraction of sp³-hybridized carbons (Fsp3) is 0.810. The maximum absolute atomic E-state index is 12.3. The molecule has 0 spiro atoms. The number of ether oxygens (including phenoxy) is 4. The number of amides is 4. The Balaban J connectivity index is 3.64. The molecule has 17 nitrogen and oxygen atoms in total. The highest BCUT2D eigenvalue weighted by atomic mass is 16.5. The van der Waals surface area contributed by atoms with E-state index in [4.69, 9.17) is 29.8 Å². The Kier molecular flexibility index (Phi) is 38.6. The van der Waals surface area contributed by atoms with Crippen LogP contribution in [0.2, 0.25) is 0 Å². The van der Waals surface area contributed by atoms with E-state index in [1.807, 2.05) is 0 Å². The quantitative estimate of drug-likeness (QED) is 0.0341. The lowest BCUT2D eigenvalue weighted by molar-refractivity contribution is -0.142. The molecule has 0 aromatic carbocycles. The number of nitrogens with one attached hydrogen (secondary N) is 4. The molecule has 8 N–H and O–H groups in total. The Morgan fingerprint density at radius 3 is 1.41 bits per heavy atom. The van der Waals surface area contributed by atoms with E-state index in [1.54, 1.807) is 6.08 Å². The zero-order valence-electron chi connectivity index (χ0n) is 35.6. The van der Waals surface area contributed by atoms with Crippen molar-refractivity contribution in [3.05, 3.63) is 12.7 Å². The van der Waals surface area contributed by atoms with Gasteiger partial charge in [0.1, 0.15) is 19.3 Å². The third-order valence-electron chi connectivity index (χ3n) is 9.27. The van der Waals surface area contributed by atoms with Crippen LogP contribution in [0, 0.1) is 0 Å². The van der Waals surface area contributed by atoms with Crippen molar-refractivity contribution in [2.45, 2.75) is 147 Å². The van der Waals surface area contributed by atoms with Gasteiger partial charge in [-0.3, -0.25) is 24.0 Å². The number of nitrogens with two attached hydrogens (primary N) is 1. The summed E-state index contributed by atoms with van der Waals surface area (Å²) >= 11 is 0. The van der Waals surface area contributed by atoms with E-state index in [-0.39, 0.29) is 115 Å². The molecule has 17 heteroatoms. The Bertz CT molecular complexity index is 1130. The first-order chi connectivity index (χ1) is 28.5. The summed E-state index contributed by atoms with van der Waals surface area (Å²) in [5, 5.41) is 28.8. The molecule has 0 aromatic heterocycles. The van der Waals surface area contributed by atoms with Crippen LogP contribution in [0.5, 0.6) is 0 Å². The van der Waals surface area contributed by atoms with Crippen LogP contribution < -0.4 is 27.0 Å². The largest absolute Gasteiger partial charge is 0.481 e. The third-order valence-corrected chi connectivity index (χ3v) is 9.27. The molecule has 0 aromatic rings. The van der Waals surface area contributed by atoms with Gasteiger partial charge in [0, 0.05) is 44.9 Å². The monoisotopic (exact) mass is 844 g/mol. The highest BCUT2D eigenvalue weighted by molar-refractivity contribution is 5.84. The van der Waals surface area contributed by atoms with Crippen LogP contribution in [0.25, 0.3) is 0 Å². The van der Waals surface area contributed by atoms with Gasteiger partial charge in [-0.1, -0.05) is 83.1 Å². The minimum absolute atomic E-state index is 0.0168. The first-order valence-electron chi connectivity index (χ1n) is 21.8. The maximum atomic E-state index is 12.3. The molecule has 0 heterocycles. The van der Waals surface area contributed by atoms with Crippen molar-refractivity contribution in [1.29, 1.82) is 0 Å². The van der Waals surface area contributed by atoms with Crippen LogP contribution in [0.4, 0.5) is 0 Å². The van der Waals surface area contributed by atoms with E-state index in [0.29, 0.717) is 19.5 Å². The number of unbranched alkanes of at least 4 members (excludes halogenated alkanes) is 14. The fourth-order valence-electron chi connectivity index (χ4n) is 5.82. The Morgan fingerprint density at radius 1 is 0.492 bits per heavy atom. The van der Waals surface area contributed by atoms with E-state index in [0.717, 1.165) is 57.8 Å². The first kappa shape index (κ1) is 55.4. The van der Waals surface area contributed by atoms with Crippen molar-refractivity contribution in [3.63, 3.8) is 0 Å². The van der Waals surface area contributed by atoms with Crippen molar-refractivity contribution < 1.29 is 57.9 Å². The minimum Gasteiger partial charge on any atom is -0.481 e. The summed E-state index contributed by atoms with van der Waals surface area (Å²) in [6.45, 7) is 5.92. The number of aliphatic carboxylic acids is 2. The molecule has 59 heavy (non-hydrogen) atoms. The van der Waals surface area contributed by atoms with Gasteiger partial charge in [0.05, 0.1) is 39.6 Å². The van der Waals surface area contributed by atoms with Gasteiger partial charge in [0.25, 0.3) is 0 Å². The maximum Gasteiger partial charge on any atom is 0.326 e. The second-order valence-electron chi connectivity index (χ2n) is 14.6. The zero-order chi connectivity index (χ0) is 43.6. The summed E-state index contributed by atoms with van der Waals surface area (Å²) in [6, 6.07) is -1.15. The average molecular weight is 844 g/mol. The smallest absolute Gasteiger partial charge is 0.326 e. The van der Waals surface area contributed by atoms with Gasteiger partial charge in [-0.2, -0.15) is 0 Å². The third kappa shape index (κ3) is 40.9. The van der Waals surface area contributed by atoms with Crippen molar-refractivity contribution in [1.82, 2.24) is 21.3 Å². The average Bonchev–Trinajstić information content (AvgIpc) is 3.20. The van der Waals surface area contributed by atoms with Crippen molar-refractivity contribution in [2.24, 2.45) is 5.73 Å². The second kappa shape index (κ2) is 41.1. The molecule has 0 rings (SSSR count). The molecule has 0 aliphatic carbocycles. The summed E-state index contributed by atoms with van der Waals surface area (Å²) in [6.07, 6.45) is 19.8. The van der Waals surface area contributed by atoms with E-state index in [9.17, 15) is 33.9 Å².